The second-order valence-corrected chi connectivity index (χ2v) is 7.34. The molecule has 2 aromatic rings. The number of aryl methyl sites for hydroxylation is 1. The molecular weight excluding hydrogens is 322 g/mol. The minimum Gasteiger partial charge on any atom is -0.341 e. The summed E-state index contributed by atoms with van der Waals surface area (Å²) < 4.78 is 0. The number of fused-ring (bicyclic) bond motifs is 1. The Kier molecular flexibility index (Phi) is 4.83. The van der Waals surface area contributed by atoms with Gasteiger partial charge >= 0.3 is 0 Å². The Hall–Kier alpha value is -2.49. The molecule has 4 heteroatoms. The summed E-state index contributed by atoms with van der Waals surface area (Å²) in [4.78, 5) is 24.4. The minimum absolute atomic E-state index is 0.177. The van der Waals surface area contributed by atoms with Crippen LogP contribution in [-0.2, 0) is 6.42 Å². The van der Waals surface area contributed by atoms with Crippen LogP contribution < -0.4 is 4.90 Å². The largest absolute Gasteiger partial charge is 0.341 e. The van der Waals surface area contributed by atoms with Gasteiger partial charge in [-0.15, -0.1) is 0 Å². The van der Waals surface area contributed by atoms with Crippen molar-refractivity contribution in [3.05, 3.63) is 58.9 Å². The normalized spacial score (nSPS) is 20.4. The molecule has 0 amide bonds. The predicted molar refractivity (Wildman–Crippen MR) is 104 cm³/mol. The van der Waals surface area contributed by atoms with E-state index < -0.39 is 0 Å². The highest BCUT2D eigenvalue weighted by Crippen LogP contribution is 2.29. The third-order valence-corrected chi connectivity index (χ3v) is 5.33. The van der Waals surface area contributed by atoms with Crippen molar-refractivity contribution in [1.82, 2.24) is 9.97 Å². The number of piperidine rings is 1. The molecular formula is C22H25N3O. The molecule has 0 saturated carbocycles. The van der Waals surface area contributed by atoms with E-state index in [-0.39, 0.29) is 11.7 Å². The molecule has 0 unspecified atom stereocenters. The molecule has 4 rings (SSSR count). The van der Waals surface area contributed by atoms with E-state index in [9.17, 15) is 4.79 Å². The molecule has 1 aromatic heterocycles. The van der Waals surface area contributed by atoms with Crippen molar-refractivity contribution in [3.63, 3.8) is 0 Å². The monoisotopic (exact) mass is 347 g/mol. The summed E-state index contributed by atoms with van der Waals surface area (Å²) in [5.41, 5.74) is 3.69. The zero-order chi connectivity index (χ0) is 17.9. The number of Topliss-reactive ketones (excluding diaryl/α,β-unsaturated/α-hetero) is 1. The van der Waals surface area contributed by atoms with Gasteiger partial charge in [-0.2, -0.15) is 0 Å². The number of ketones is 1. The van der Waals surface area contributed by atoms with E-state index in [0.717, 1.165) is 42.4 Å². The van der Waals surface area contributed by atoms with Crippen molar-refractivity contribution in [1.29, 1.82) is 0 Å². The lowest BCUT2D eigenvalue weighted by atomic mass is 9.85. The van der Waals surface area contributed by atoms with Crippen molar-refractivity contribution in [2.45, 2.75) is 39.0 Å². The Bertz CT molecular complexity index is 823. The van der Waals surface area contributed by atoms with Crippen molar-refractivity contribution in [3.8, 4) is 0 Å². The summed E-state index contributed by atoms with van der Waals surface area (Å²) in [5.74, 6) is 1.19. The Morgan fingerprint density at radius 1 is 1.04 bits per heavy atom. The molecule has 2 aliphatic rings. The molecule has 1 fully saturated rings. The van der Waals surface area contributed by atoms with Crippen LogP contribution in [0, 0.1) is 12.8 Å². The summed E-state index contributed by atoms with van der Waals surface area (Å²) in [6, 6.07) is 10.2. The first-order chi connectivity index (χ1) is 12.7. The summed E-state index contributed by atoms with van der Waals surface area (Å²) in [6.07, 6.45) is 9.31. The lowest BCUT2D eigenvalue weighted by molar-refractivity contribution is 0.0956. The summed E-state index contributed by atoms with van der Waals surface area (Å²) in [5, 5.41) is 0. The second kappa shape index (κ2) is 7.40. The molecule has 0 radical (unpaired) electrons. The van der Waals surface area contributed by atoms with Gasteiger partial charge in [-0.3, -0.25) is 4.79 Å². The van der Waals surface area contributed by atoms with E-state index in [1.165, 1.54) is 24.8 Å². The summed E-state index contributed by atoms with van der Waals surface area (Å²) in [6.45, 7) is 3.99. The molecule has 1 aliphatic heterocycles. The van der Waals surface area contributed by atoms with Gasteiger partial charge in [0.25, 0.3) is 0 Å². The van der Waals surface area contributed by atoms with Crippen LogP contribution in [0.15, 0.2) is 36.4 Å². The number of allylic oxidation sites excluding steroid dienone is 1. The molecule has 2 heterocycles. The molecule has 0 bridgehead atoms. The number of carbonyl (C=O) groups excluding carboxylic acids is 1. The van der Waals surface area contributed by atoms with Crippen molar-refractivity contribution in [2.24, 2.45) is 5.92 Å². The standard InChI is InChI=1S/C22H25N3O/c1-16-21-19(24-22(23-16)25-12-6-3-7-13-25)14-18(15-20(21)26)11-10-17-8-4-2-5-9-17/h2,4-5,8-11,18H,3,6-7,12-15H2,1H3/b11-10+/t18-/m0/s1. The molecule has 1 aromatic carbocycles. The lowest BCUT2D eigenvalue weighted by Crippen LogP contribution is -2.32. The average Bonchev–Trinajstić information content (AvgIpc) is 2.67. The number of rotatable bonds is 3. The van der Waals surface area contributed by atoms with Gasteiger partial charge in [-0.25, -0.2) is 9.97 Å². The molecule has 1 aliphatic carbocycles. The fraction of sp³-hybridized carbons (Fsp3) is 0.409. The number of carbonyl (C=O) groups is 1. The van der Waals surface area contributed by atoms with Gasteiger partial charge in [0.05, 0.1) is 17.0 Å². The average molecular weight is 347 g/mol. The maximum atomic E-state index is 12.7. The van der Waals surface area contributed by atoms with Crippen molar-refractivity contribution in [2.75, 3.05) is 18.0 Å². The first-order valence-electron chi connectivity index (χ1n) is 9.59. The first-order valence-corrected chi connectivity index (χ1v) is 9.59. The number of anilines is 1. The van der Waals surface area contributed by atoms with Gasteiger partial charge in [-0.1, -0.05) is 42.5 Å². The van der Waals surface area contributed by atoms with Gasteiger partial charge in [-0.05, 0) is 44.1 Å². The van der Waals surface area contributed by atoms with Gasteiger partial charge in [0.1, 0.15) is 0 Å². The Morgan fingerprint density at radius 2 is 1.81 bits per heavy atom. The zero-order valence-corrected chi connectivity index (χ0v) is 15.3. The number of benzene rings is 1. The molecule has 1 saturated heterocycles. The number of nitrogens with zero attached hydrogens (tertiary/aromatic N) is 3. The van der Waals surface area contributed by atoms with E-state index >= 15 is 0 Å². The van der Waals surface area contributed by atoms with Crippen LogP contribution in [-0.4, -0.2) is 28.8 Å². The smallest absolute Gasteiger partial charge is 0.225 e. The highest BCUT2D eigenvalue weighted by Gasteiger charge is 2.28. The maximum absolute atomic E-state index is 12.7. The van der Waals surface area contributed by atoms with Gasteiger partial charge in [0.2, 0.25) is 5.95 Å². The third-order valence-electron chi connectivity index (χ3n) is 5.33. The minimum atomic E-state index is 0.177. The van der Waals surface area contributed by atoms with Crippen LogP contribution in [0.25, 0.3) is 6.08 Å². The quantitative estimate of drug-likeness (QED) is 0.833. The maximum Gasteiger partial charge on any atom is 0.225 e. The highest BCUT2D eigenvalue weighted by atomic mass is 16.1. The topological polar surface area (TPSA) is 46.1 Å². The van der Waals surface area contributed by atoms with Crippen LogP contribution in [0.1, 0.15) is 53.0 Å². The van der Waals surface area contributed by atoms with Crippen LogP contribution in [0.3, 0.4) is 0 Å². The number of hydrogen-bond donors (Lipinski definition) is 0. The van der Waals surface area contributed by atoms with E-state index in [4.69, 9.17) is 4.98 Å². The van der Waals surface area contributed by atoms with Crippen molar-refractivity contribution >= 4 is 17.8 Å². The van der Waals surface area contributed by atoms with Crippen LogP contribution in [0.5, 0.6) is 0 Å². The molecule has 26 heavy (non-hydrogen) atoms. The van der Waals surface area contributed by atoms with E-state index in [1.807, 2.05) is 25.1 Å². The molecule has 134 valence electrons. The summed E-state index contributed by atoms with van der Waals surface area (Å²) >= 11 is 0. The third kappa shape index (κ3) is 3.55. The van der Waals surface area contributed by atoms with E-state index in [0.29, 0.717) is 6.42 Å². The molecule has 1 atom stereocenters. The fourth-order valence-corrected chi connectivity index (χ4v) is 3.97. The Balaban J connectivity index is 1.59. The summed E-state index contributed by atoms with van der Waals surface area (Å²) in [7, 11) is 0. The SMILES string of the molecule is Cc1nc(N2CCCCC2)nc2c1C(=O)C[C@@H](/C=C/c1ccccc1)C2. The van der Waals surface area contributed by atoms with E-state index in [2.05, 4.69) is 34.2 Å². The lowest BCUT2D eigenvalue weighted by Gasteiger charge is -2.29. The van der Waals surface area contributed by atoms with Gasteiger partial charge in [0, 0.05) is 19.5 Å². The highest BCUT2D eigenvalue weighted by molar-refractivity contribution is 5.99. The molecule has 4 nitrogen and oxygen atoms in total. The molecule has 0 N–H and O–H groups in total. The fourth-order valence-electron chi connectivity index (χ4n) is 3.97. The van der Waals surface area contributed by atoms with Crippen LogP contribution in [0.4, 0.5) is 5.95 Å². The van der Waals surface area contributed by atoms with E-state index in [1.54, 1.807) is 0 Å². The second-order valence-electron chi connectivity index (χ2n) is 7.34. The van der Waals surface area contributed by atoms with Gasteiger partial charge < -0.3 is 4.90 Å². The van der Waals surface area contributed by atoms with Crippen LogP contribution in [0.2, 0.25) is 0 Å². The Labute approximate surface area is 155 Å². The first kappa shape index (κ1) is 17.0. The van der Waals surface area contributed by atoms with Gasteiger partial charge in [0.15, 0.2) is 5.78 Å². The number of hydrogen-bond acceptors (Lipinski definition) is 4. The predicted octanol–water partition coefficient (Wildman–Crippen LogP) is 4.23. The van der Waals surface area contributed by atoms with Crippen LogP contribution >= 0.6 is 0 Å². The zero-order valence-electron chi connectivity index (χ0n) is 15.3. The molecule has 0 spiro atoms. The number of aromatic nitrogens is 2. The van der Waals surface area contributed by atoms with Crippen molar-refractivity contribution < 1.29 is 4.79 Å². The Morgan fingerprint density at radius 3 is 2.58 bits per heavy atom.